The number of nitrogens with two attached hydrogens (primary N) is 1. The zero-order valence-electron chi connectivity index (χ0n) is 15.8. The Morgan fingerprint density at radius 1 is 0.962 bits per heavy atom. The number of hydrogen-bond acceptors (Lipinski definition) is 4. The van der Waals surface area contributed by atoms with E-state index in [4.69, 9.17) is 10.9 Å². The standard InChI is InChI=1S/C20H33N3O3/c1-16(20(25)23-26)22-19(24)10-8-6-4-2-3-5-7-9-17-11-13-18(15-21)14-12-17/h11-14,16,26H,2-10,15,21H2,1H3,(H,22,24)(H,23,25). The van der Waals surface area contributed by atoms with Crippen LogP contribution in [0, 0.1) is 0 Å². The van der Waals surface area contributed by atoms with E-state index in [1.807, 2.05) is 0 Å². The zero-order chi connectivity index (χ0) is 19.2. The first-order chi connectivity index (χ1) is 12.6. The maximum absolute atomic E-state index is 11.6. The summed E-state index contributed by atoms with van der Waals surface area (Å²) in [5, 5.41) is 11.0. The predicted molar refractivity (Wildman–Crippen MR) is 103 cm³/mol. The molecule has 1 atom stereocenters. The Hall–Kier alpha value is -1.92. The second-order valence-electron chi connectivity index (χ2n) is 6.76. The van der Waals surface area contributed by atoms with Crippen molar-refractivity contribution in [3.63, 3.8) is 0 Å². The van der Waals surface area contributed by atoms with Crippen molar-refractivity contribution < 1.29 is 14.8 Å². The molecule has 0 aliphatic carbocycles. The molecule has 5 N–H and O–H groups in total. The maximum Gasteiger partial charge on any atom is 0.265 e. The first-order valence-corrected chi connectivity index (χ1v) is 9.58. The van der Waals surface area contributed by atoms with Crippen molar-refractivity contribution in [1.82, 2.24) is 10.8 Å². The fourth-order valence-electron chi connectivity index (χ4n) is 2.82. The molecule has 0 aliphatic rings. The van der Waals surface area contributed by atoms with E-state index in [-0.39, 0.29) is 5.91 Å². The molecule has 0 aromatic heterocycles. The van der Waals surface area contributed by atoms with Gasteiger partial charge in [-0.1, -0.05) is 56.4 Å². The van der Waals surface area contributed by atoms with Crippen molar-refractivity contribution in [2.24, 2.45) is 5.73 Å². The fourth-order valence-corrected chi connectivity index (χ4v) is 2.82. The van der Waals surface area contributed by atoms with E-state index < -0.39 is 11.9 Å². The molecule has 1 aromatic carbocycles. The smallest absolute Gasteiger partial charge is 0.265 e. The molecule has 1 unspecified atom stereocenters. The highest BCUT2D eigenvalue weighted by atomic mass is 16.5. The Kier molecular flexibility index (Phi) is 11.3. The summed E-state index contributed by atoms with van der Waals surface area (Å²) in [5.41, 5.74) is 9.67. The summed E-state index contributed by atoms with van der Waals surface area (Å²) in [5.74, 6) is -0.754. The summed E-state index contributed by atoms with van der Waals surface area (Å²) < 4.78 is 0. The van der Waals surface area contributed by atoms with E-state index in [1.54, 1.807) is 0 Å². The van der Waals surface area contributed by atoms with Crippen LogP contribution in [0.4, 0.5) is 0 Å². The van der Waals surface area contributed by atoms with Gasteiger partial charge >= 0.3 is 0 Å². The molecule has 1 rings (SSSR count). The third-order valence-corrected chi connectivity index (χ3v) is 4.51. The molecule has 0 bridgehead atoms. The van der Waals surface area contributed by atoms with Crippen LogP contribution in [0.15, 0.2) is 24.3 Å². The van der Waals surface area contributed by atoms with Gasteiger partial charge in [0.25, 0.3) is 5.91 Å². The lowest BCUT2D eigenvalue weighted by atomic mass is 10.0. The van der Waals surface area contributed by atoms with Crippen LogP contribution in [0.2, 0.25) is 0 Å². The molecule has 2 amide bonds. The first-order valence-electron chi connectivity index (χ1n) is 9.58. The molecule has 146 valence electrons. The van der Waals surface area contributed by atoms with Gasteiger partial charge in [0, 0.05) is 13.0 Å². The largest absolute Gasteiger partial charge is 0.345 e. The summed E-state index contributed by atoms with van der Waals surface area (Å²) in [6.07, 6.45) is 9.36. The summed E-state index contributed by atoms with van der Waals surface area (Å²) in [7, 11) is 0. The average Bonchev–Trinajstić information content (AvgIpc) is 2.66. The van der Waals surface area contributed by atoms with Crippen molar-refractivity contribution in [2.75, 3.05) is 0 Å². The van der Waals surface area contributed by atoms with Gasteiger partial charge in [0.2, 0.25) is 5.91 Å². The monoisotopic (exact) mass is 363 g/mol. The number of benzene rings is 1. The van der Waals surface area contributed by atoms with Gasteiger partial charge in [-0.15, -0.1) is 0 Å². The number of carbonyl (C=O) groups excluding carboxylic acids is 2. The van der Waals surface area contributed by atoms with E-state index in [0.717, 1.165) is 25.7 Å². The number of nitrogens with one attached hydrogen (secondary N) is 2. The van der Waals surface area contributed by atoms with Gasteiger partial charge in [-0.3, -0.25) is 14.8 Å². The molecule has 0 saturated heterocycles. The van der Waals surface area contributed by atoms with Crippen LogP contribution >= 0.6 is 0 Å². The third kappa shape index (κ3) is 9.53. The number of rotatable bonds is 13. The predicted octanol–water partition coefficient (Wildman–Crippen LogP) is 2.82. The Morgan fingerprint density at radius 2 is 1.50 bits per heavy atom. The molecule has 6 nitrogen and oxygen atoms in total. The van der Waals surface area contributed by atoms with Gasteiger partial charge in [-0.25, -0.2) is 5.48 Å². The lowest BCUT2D eigenvalue weighted by Gasteiger charge is -2.11. The van der Waals surface area contributed by atoms with Crippen LogP contribution in [-0.4, -0.2) is 23.1 Å². The van der Waals surface area contributed by atoms with E-state index in [9.17, 15) is 9.59 Å². The Morgan fingerprint density at radius 3 is 2.08 bits per heavy atom. The summed E-state index contributed by atoms with van der Waals surface area (Å²) in [6, 6.07) is 7.82. The number of hydrogen-bond donors (Lipinski definition) is 4. The van der Waals surface area contributed by atoms with Crippen LogP contribution < -0.4 is 16.5 Å². The molecule has 0 fully saturated rings. The van der Waals surface area contributed by atoms with Crippen molar-refractivity contribution in [3.8, 4) is 0 Å². The van der Waals surface area contributed by atoms with Gasteiger partial charge < -0.3 is 11.1 Å². The highest BCUT2D eigenvalue weighted by Gasteiger charge is 2.13. The van der Waals surface area contributed by atoms with Crippen LogP contribution in [-0.2, 0) is 22.6 Å². The fraction of sp³-hybridized carbons (Fsp3) is 0.600. The van der Waals surface area contributed by atoms with E-state index in [1.165, 1.54) is 49.2 Å². The highest BCUT2D eigenvalue weighted by molar-refractivity contribution is 5.86. The van der Waals surface area contributed by atoms with Gasteiger partial charge in [0.1, 0.15) is 6.04 Å². The maximum atomic E-state index is 11.6. The second-order valence-corrected chi connectivity index (χ2v) is 6.76. The number of unbranched alkanes of at least 4 members (excludes halogenated alkanes) is 6. The summed E-state index contributed by atoms with van der Waals surface area (Å²) in [6.45, 7) is 2.13. The molecular weight excluding hydrogens is 330 g/mol. The molecular formula is C20H33N3O3. The number of aryl methyl sites for hydroxylation is 1. The van der Waals surface area contributed by atoms with E-state index >= 15 is 0 Å². The molecule has 6 heteroatoms. The normalized spacial score (nSPS) is 11.8. The van der Waals surface area contributed by atoms with Crippen LogP contribution in [0.1, 0.15) is 69.4 Å². The molecule has 0 aliphatic heterocycles. The van der Waals surface area contributed by atoms with Crippen molar-refractivity contribution in [2.45, 2.75) is 77.3 Å². The molecule has 0 saturated carbocycles. The number of carbonyl (C=O) groups is 2. The summed E-state index contributed by atoms with van der Waals surface area (Å²) in [4.78, 5) is 22.7. The van der Waals surface area contributed by atoms with Crippen LogP contribution in [0.3, 0.4) is 0 Å². The Labute approximate surface area is 156 Å². The molecule has 0 heterocycles. The first kappa shape index (κ1) is 22.1. The minimum absolute atomic E-state index is 0.151. The van der Waals surface area contributed by atoms with Crippen LogP contribution in [0.5, 0.6) is 0 Å². The van der Waals surface area contributed by atoms with Gasteiger partial charge in [-0.05, 0) is 37.3 Å². The SMILES string of the molecule is CC(NC(=O)CCCCCCCCCc1ccc(CN)cc1)C(=O)NO. The van der Waals surface area contributed by atoms with Crippen LogP contribution in [0.25, 0.3) is 0 Å². The molecule has 0 spiro atoms. The minimum Gasteiger partial charge on any atom is -0.345 e. The minimum atomic E-state index is -0.709. The van der Waals surface area contributed by atoms with Gasteiger partial charge in [-0.2, -0.15) is 0 Å². The second kappa shape index (κ2) is 13.3. The average molecular weight is 364 g/mol. The molecule has 0 radical (unpaired) electrons. The van der Waals surface area contributed by atoms with Crippen molar-refractivity contribution in [1.29, 1.82) is 0 Å². The zero-order valence-corrected chi connectivity index (χ0v) is 15.8. The topological polar surface area (TPSA) is 104 Å². The quantitative estimate of drug-likeness (QED) is 0.246. The van der Waals surface area contributed by atoms with E-state index in [2.05, 4.69) is 29.6 Å². The number of hydroxylamine groups is 1. The third-order valence-electron chi connectivity index (χ3n) is 4.51. The lowest BCUT2D eigenvalue weighted by Crippen LogP contribution is -2.43. The summed E-state index contributed by atoms with van der Waals surface area (Å²) >= 11 is 0. The van der Waals surface area contributed by atoms with Gasteiger partial charge in [0.05, 0.1) is 0 Å². The highest BCUT2D eigenvalue weighted by Crippen LogP contribution is 2.12. The molecule has 1 aromatic rings. The van der Waals surface area contributed by atoms with E-state index in [0.29, 0.717) is 13.0 Å². The lowest BCUT2D eigenvalue weighted by molar-refractivity contribution is -0.134. The Bertz CT molecular complexity index is 532. The number of amides is 2. The van der Waals surface area contributed by atoms with Crippen molar-refractivity contribution in [3.05, 3.63) is 35.4 Å². The molecule has 26 heavy (non-hydrogen) atoms. The Balaban J connectivity index is 1.95. The van der Waals surface area contributed by atoms with Crippen molar-refractivity contribution >= 4 is 11.8 Å². The van der Waals surface area contributed by atoms with Gasteiger partial charge in [0.15, 0.2) is 0 Å².